The number of benzene rings is 2. The van der Waals surface area contributed by atoms with Gasteiger partial charge in [-0.3, -0.25) is 10.1 Å². The lowest BCUT2D eigenvalue weighted by Gasteiger charge is -2.05. The van der Waals surface area contributed by atoms with E-state index in [1.54, 1.807) is 22.7 Å². The molecule has 9 heteroatoms. The van der Waals surface area contributed by atoms with Gasteiger partial charge in [-0.15, -0.1) is 16.4 Å². The van der Waals surface area contributed by atoms with Gasteiger partial charge < -0.3 is 0 Å². The summed E-state index contributed by atoms with van der Waals surface area (Å²) in [5.74, 6) is -0.0587. The van der Waals surface area contributed by atoms with Gasteiger partial charge in [0, 0.05) is 21.5 Å². The molecule has 7 nitrogen and oxygen atoms in total. The average molecular weight is 435 g/mol. The fourth-order valence-electron chi connectivity index (χ4n) is 3.10. The van der Waals surface area contributed by atoms with Gasteiger partial charge in [0.1, 0.15) is 0 Å². The van der Waals surface area contributed by atoms with Crippen LogP contribution >= 0.6 is 22.9 Å². The van der Waals surface area contributed by atoms with Gasteiger partial charge in [0.15, 0.2) is 0 Å². The van der Waals surface area contributed by atoms with E-state index in [0.717, 1.165) is 28.2 Å². The van der Waals surface area contributed by atoms with E-state index in [1.165, 1.54) is 11.3 Å². The predicted molar refractivity (Wildman–Crippen MR) is 118 cm³/mol. The Kier molecular flexibility index (Phi) is 4.45. The summed E-state index contributed by atoms with van der Waals surface area (Å²) in [6, 6.07) is 12.7. The number of halogens is 1. The molecule has 0 saturated carbocycles. The molecule has 5 rings (SSSR count). The maximum absolute atomic E-state index is 12.7. The number of carbonyl (C=O) groups excluding carboxylic acids is 1. The molecule has 1 amide bonds. The minimum atomic E-state index is -0.303. The van der Waals surface area contributed by atoms with Crippen LogP contribution in [0.2, 0.25) is 5.02 Å². The molecule has 0 fully saturated rings. The zero-order chi connectivity index (χ0) is 20.8. The van der Waals surface area contributed by atoms with E-state index in [1.807, 2.05) is 43.5 Å². The number of anilines is 1. The summed E-state index contributed by atoms with van der Waals surface area (Å²) >= 11 is 7.42. The van der Waals surface area contributed by atoms with Gasteiger partial charge >= 0.3 is 0 Å². The summed E-state index contributed by atoms with van der Waals surface area (Å²) in [5.41, 5.74) is 5.46. The Morgan fingerprint density at radius 3 is 2.50 bits per heavy atom. The number of hydrogen-bond donors (Lipinski definition) is 1. The van der Waals surface area contributed by atoms with E-state index in [4.69, 9.17) is 11.6 Å². The second kappa shape index (κ2) is 7.16. The number of fused-ring (bicyclic) bond motifs is 2. The Labute approximate surface area is 180 Å². The van der Waals surface area contributed by atoms with Crippen LogP contribution in [-0.2, 0) is 0 Å². The summed E-state index contributed by atoms with van der Waals surface area (Å²) in [5, 5.41) is 9.85. The number of amides is 1. The Morgan fingerprint density at radius 2 is 1.73 bits per heavy atom. The second-order valence-corrected chi connectivity index (χ2v) is 8.08. The first-order chi connectivity index (χ1) is 14.5. The van der Waals surface area contributed by atoms with Crippen molar-refractivity contribution in [1.82, 2.24) is 24.6 Å². The zero-order valence-electron chi connectivity index (χ0n) is 16.0. The van der Waals surface area contributed by atoms with Crippen LogP contribution in [-0.4, -0.2) is 30.5 Å². The average Bonchev–Trinajstić information content (AvgIpc) is 3.29. The molecule has 0 radical (unpaired) electrons. The van der Waals surface area contributed by atoms with Crippen LogP contribution in [0.4, 0.5) is 5.95 Å². The van der Waals surface area contributed by atoms with Crippen molar-refractivity contribution in [3.05, 3.63) is 69.8 Å². The highest BCUT2D eigenvalue weighted by molar-refractivity contribution is 7.15. The number of aryl methyl sites for hydroxylation is 2. The smallest absolute Gasteiger partial charge is 0.258 e. The van der Waals surface area contributed by atoms with Crippen molar-refractivity contribution in [3.63, 3.8) is 0 Å². The summed E-state index contributed by atoms with van der Waals surface area (Å²) in [6.45, 7) is 3.81. The molecule has 0 aliphatic heterocycles. The molecule has 30 heavy (non-hydrogen) atoms. The minimum absolute atomic E-state index is 0.244. The van der Waals surface area contributed by atoms with Crippen LogP contribution < -0.4 is 5.32 Å². The Bertz CT molecular complexity index is 1420. The van der Waals surface area contributed by atoms with Gasteiger partial charge in [-0.25, -0.2) is 14.5 Å². The SMILES string of the molecule is Cc1nc2ccc(C(=O)Nc3nc4scc(-c5ccc(Cl)cc5)n4n3)cc2nc1C. The molecule has 5 aromatic rings. The molecule has 0 unspecified atom stereocenters. The largest absolute Gasteiger partial charge is 0.289 e. The first kappa shape index (κ1) is 18.7. The molecule has 148 valence electrons. The molecule has 2 aromatic carbocycles. The monoisotopic (exact) mass is 434 g/mol. The lowest BCUT2D eigenvalue weighted by Crippen LogP contribution is -2.13. The van der Waals surface area contributed by atoms with Gasteiger partial charge in [0.05, 0.1) is 28.1 Å². The maximum atomic E-state index is 12.7. The van der Waals surface area contributed by atoms with Crippen molar-refractivity contribution in [2.45, 2.75) is 13.8 Å². The van der Waals surface area contributed by atoms with E-state index >= 15 is 0 Å². The van der Waals surface area contributed by atoms with E-state index < -0.39 is 0 Å². The number of carbonyl (C=O) groups is 1. The zero-order valence-corrected chi connectivity index (χ0v) is 17.6. The van der Waals surface area contributed by atoms with E-state index in [9.17, 15) is 4.79 Å². The minimum Gasteiger partial charge on any atom is -0.289 e. The fourth-order valence-corrected chi connectivity index (χ4v) is 4.06. The molecule has 0 saturated heterocycles. The molecule has 1 N–H and O–H groups in total. The number of rotatable bonds is 3. The van der Waals surface area contributed by atoms with Gasteiger partial charge in [-0.2, -0.15) is 4.98 Å². The van der Waals surface area contributed by atoms with Gasteiger partial charge in [0.25, 0.3) is 11.9 Å². The third-order valence-electron chi connectivity index (χ3n) is 4.78. The van der Waals surface area contributed by atoms with Crippen LogP contribution in [0, 0.1) is 13.8 Å². The number of nitrogens with one attached hydrogen (secondary N) is 1. The highest BCUT2D eigenvalue weighted by atomic mass is 35.5. The molecule has 0 aliphatic carbocycles. The molecule has 0 spiro atoms. The molecular weight excluding hydrogens is 420 g/mol. The molecule has 0 atom stereocenters. The van der Waals surface area contributed by atoms with Crippen molar-refractivity contribution < 1.29 is 4.79 Å². The van der Waals surface area contributed by atoms with Crippen molar-refractivity contribution in [2.24, 2.45) is 0 Å². The molecule has 0 aliphatic rings. The topological polar surface area (TPSA) is 85.1 Å². The van der Waals surface area contributed by atoms with Crippen molar-refractivity contribution in [1.29, 1.82) is 0 Å². The van der Waals surface area contributed by atoms with Gasteiger partial charge in [-0.1, -0.05) is 23.7 Å². The summed E-state index contributed by atoms with van der Waals surface area (Å²) in [4.78, 5) is 26.9. The lowest BCUT2D eigenvalue weighted by molar-refractivity contribution is 0.102. The fraction of sp³-hybridized carbons (Fsp3) is 0.0952. The summed E-state index contributed by atoms with van der Waals surface area (Å²) in [6.07, 6.45) is 0. The maximum Gasteiger partial charge on any atom is 0.258 e. The first-order valence-electron chi connectivity index (χ1n) is 9.14. The molecule has 3 heterocycles. The summed E-state index contributed by atoms with van der Waals surface area (Å²) < 4.78 is 1.71. The Balaban J connectivity index is 1.44. The van der Waals surface area contributed by atoms with Crippen LogP contribution in [0.5, 0.6) is 0 Å². The quantitative estimate of drug-likeness (QED) is 0.435. The number of aromatic nitrogens is 5. The molecular formula is C21H15ClN6OS. The number of thiazole rings is 1. The lowest BCUT2D eigenvalue weighted by atomic mass is 10.1. The van der Waals surface area contributed by atoms with Crippen LogP contribution in [0.3, 0.4) is 0 Å². The Morgan fingerprint density at radius 1 is 1.00 bits per heavy atom. The van der Waals surface area contributed by atoms with Crippen molar-refractivity contribution >= 4 is 50.8 Å². The third-order valence-corrected chi connectivity index (χ3v) is 5.85. The Hall–Kier alpha value is -3.36. The van der Waals surface area contributed by atoms with Crippen LogP contribution in [0.1, 0.15) is 21.7 Å². The van der Waals surface area contributed by atoms with Gasteiger partial charge in [0.2, 0.25) is 4.96 Å². The first-order valence-corrected chi connectivity index (χ1v) is 10.4. The standard InChI is InChI=1S/C21H15ClN6OS/c1-11-12(2)24-17-9-14(5-8-16(17)23-11)19(29)25-20-26-21-28(27-20)18(10-30-21)13-3-6-15(22)7-4-13/h3-10H,1-2H3,(H,25,27,29). The van der Waals surface area contributed by atoms with Crippen LogP contribution in [0.15, 0.2) is 47.8 Å². The van der Waals surface area contributed by atoms with E-state index in [-0.39, 0.29) is 11.9 Å². The van der Waals surface area contributed by atoms with Gasteiger partial charge in [-0.05, 0) is 44.2 Å². The van der Waals surface area contributed by atoms with Crippen molar-refractivity contribution in [2.75, 3.05) is 5.32 Å². The third kappa shape index (κ3) is 3.30. The number of hydrogen-bond acceptors (Lipinski definition) is 6. The second-order valence-electron chi connectivity index (χ2n) is 6.81. The van der Waals surface area contributed by atoms with E-state index in [0.29, 0.717) is 21.1 Å². The predicted octanol–water partition coefficient (Wildman–Crippen LogP) is 4.92. The summed E-state index contributed by atoms with van der Waals surface area (Å²) in [7, 11) is 0. The molecule has 0 bridgehead atoms. The van der Waals surface area contributed by atoms with E-state index in [2.05, 4.69) is 25.4 Å². The van der Waals surface area contributed by atoms with Crippen molar-refractivity contribution in [3.8, 4) is 11.3 Å². The highest BCUT2D eigenvalue weighted by Gasteiger charge is 2.15. The molecule has 3 aromatic heterocycles. The number of nitrogens with zero attached hydrogens (tertiary/aromatic N) is 5. The normalized spacial score (nSPS) is 11.3. The van der Waals surface area contributed by atoms with Crippen LogP contribution in [0.25, 0.3) is 27.3 Å². The highest BCUT2D eigenvalue weighted by Crippen LogP contribution is 2.27.